The summed E-state index contributed by atoms with van der Waals surface area (Å²) in [6.07, 6.45) is 0. The van der Waals surface area contributed by atoms with Gasteiger partial charge in [-0.2, -0.15) is 0 Å². The minimum Gasteiger partial charge on any atom is -0.497 e. The first-order chi connectivity index (χ1) is 15.1. The van der Waals surface area contributed by atoms with Crippen molar-refractivity contribution < 1.29 is 26.3 Å². The first-order valence-electron chi connectivity index (χ1n) is 9.51. The van der Waals surface area contributed by atoms with Crippen molar-refractivity contribution in [1.29, 1.82) is 0 Å². The van der Waals surface area contributed by atoms with E-state index in [1.807, 2.05) is 6.07 Å². The zero-order chi connectivity index (χ0) is 23.5. The molecule has 3 rings (SSSR count). The van der Waals surface area contributed by atoms with Gasteiger partial charge in [0.2, 0.25) is 0 Å². The van der Waals surface area contributed by atoms with Crippen LogP contribution in [0.15, 0.2) is 70.5 Å². The van der Waals surface area contributed by atoms with Gasteiger partial charge in [-0.05, 0) is 73.5 Å². The maximum absolute atomic E-state index is 13.0. The molecule has 3 aromatic rings. The van der Waals surface area contributed by atoms with Gasteiger partial charge in [-0.3, -0.25) is 9.44 Å². The molecule has 0 amide bonds. The molecule has 0 aliphatic carbocycles. The monoisotopic (exact) mass is 476 g/mol. The van der Waals surface area contributed by atoms with Crippen molar-refractivity contribution in [2.75, 3.05) is 23.7 Å². The molecular weight excluding hydrogens is 452 g/mol. The molecule has 2 N–H and O–H groups in total. The summed E-state index contributed by atoms with van der Waals surface area (Å²) in [5.41, 5.74) is 1.68. The highest BCUT2D eigenvalue weighted by atomic mass is 32.2. The lowest BCUT2D eigenvalue weighted by Gasteiger charge is -2.15. The van der Waals surface area contributed by atoms with Crippen LogP contribution in [-0.4, -0.2) is 31.1 Å². The summed E-state index contributed by atoms with van der Waals surface area (Å²) in [6, 6.07) is 15.4. The quantitative estimate of drug-likeness (QED) is 0.510. The number of aryl methyl sites for hydroxylation is 2. The predicted octanol–water partition coefficient (Wildman–Crippen LogP) is 3.92. The summed E-state index contributed by atoms with van der Waals surface area (Å²) in [5.74, 6) is 0.766. The maximum Gasteiger partial charge on any atom is 0.262 e. The predicted molar refractivity (Wildman–Crippen MR) is 124 cm³/mol. The summed E-state index contributed by atoms with van der Waals surface area (Å²) in [4.78, 5) is -0.0306. The summed E-state index contributed by atoms with van der Waals surface area (Å²) >= 11 is 0. The van der Waals surface area contributed by atoms with E-state index in [2.05, 4.69) is 9.44 Å². The second kappa shape index (κ2) is 9.09. The molecule has 170 valence electrons. The van der Waals surface area contributed by atoms with Crippen LogP contribution in [-0.2, 0) is 20.0 Å². The maximum atomic E-state index is 13.0. The number of sulfonamides is 2. The summed E-state index contributed by atoms with van der Waals surface area (Å²) in [5, 5.41) is 0. The fourth-order valence-electron chi connectivity index (χ4n) is 3.00. The first-order valence-corrected chi connectivity index (χ1v) is 12.5. The van der Waals surface area contributed by atoms with Crippen LogP contribution in [0, 0.1) is 13.8 Å². The molecule has 8 nitrogen and oxygen atoms in total. The average molecular weight is 477 g/mol. The first kappa shape index (κ1) is 23.4. The number of benzene rings is 3. The number of nitrogens with one attached hydrogen (secondary N) is 2. The van der Waals surface area contributed by atoms with Crippen LogP contribution in [0.25, 0.3) is 0 Å². The van der Waals surface area contributed by atoms with E-state index in [9.17, 15) is 16.8 Å². The summed E-state index contributed by atoms with van der Waals surface area (Å²) < 4.78 is 67.0. The average Bonchev–Trinajstić information content (AvgIpc) is 2.75. The van der Waals surface area contributed by atoms with Crippen molar-refractivity contribution in [3.05, 3.63) is 71.8 Å². The van der Waals surface area contributed by atoms with Gasteiger partial charge in [-0.25, -0.2) is 16.8 Å². The Hall–Kier alpha value is -3.24. The zero-order valence-corrected chi connectivity index (χ0v) is 19.7. The minimum absolute atomic E-state index is 0.00557. The lowest BCUT2D eigenvalue weighted by Crippen LogP contribution is -2.17. The van der Waals surface area contributed by atoms with Crippen molar-refractivity contribution in [2.45, 2.75) is 23.6 Å². The van der Waals surface area contributed by atoms with E-state index in [1.165, 1.54) is 32.4 Å². The third-order valence-electron chi connectivity index (χ3n) is 4.70. The SMILES string of the molecule is COc1ccc(NS(=O)(=O)c2ccc(OC)c(NS(=O)(=O)c3cc(C)ccc3C)c2)cc1. The van der Waals surface area contributed by atoms with Gasteiger partial charge in [0.25, 0.3) is 20.0 Å². The number of hydrogen-bond acceptors (Lipinski definition) is 6. The standard InChI is InChI=1S/C22H24N2O6S2/c1-15-5-6-16(2)22(13-15)32(27,28)24-20-14-19(11-12-21(20)30-4)31(25,26)23-17-7-9-18(29-3)10-8-17/h5-14,23-24H,1-4H3. The van der Waals surface area contributed by atoms with Crippen LogP contribution < -0.4 is 18.9 Å². The smallest absolute Gasteiger partial charge is 0.262 e. The molecule has 0 radical (unpaired) electrons. The van der Waals surface area contributed by atoms with Gasteiger partial charge >= 0.3 is 0 Å². The van der Waals surface area contributed by atoms with Crippen LogP contribution in [0.5, 0.6) is 11.5 Å². The lowest BCUT2D eigenvalue weighted by molar-refractivity contribution is 0.415. The Bertz CT molecular complexity index is 1340. The van der Waals surface area contributed by atoms with E-state index in [4.69, 9.17) is 9.47 Å². The molecule has 0 saturated heterocycles. The topological polar surface area (TPSA) is 111 Å². The van der Waals surface area contributed by atoms with Crippen LogP contribution in [0.3, 0.4) is 0 Å². The van der Waals surface area contributed by atoms with E-state index < -0.39 is 20.0 Å². The molecule has 32 heavy (non-hydrogen) atoms. The largest absolute Gasteiger partial charge is 0.497 e. The van der Waals surface area contributed by atoms with E-state index in [0.717, 1.165) is 5.56 Å². The summed E-state index contributed by atoms with van der Waals surface area (Å²) in [7, 11) is -5.10. The molecule has 0 heterocycles. The molecule has 0 atom stereocenters. The fourth-order valence-corrected chi connectivity index (χ4v) is 5.48. The van der Waals surface area contributed by atoms with Gasteiger partial charge in [-0.15, -0.1) is 0 Å². The molecule has 0 bridgehead atoms. The molecule has 0 aromatic heterocycles. The Kier molecular flexibility index (Phi) is 6.65. The molecule has 0 unspecified atom stereocenters. The number of ether oxygens (including phenoxy) is 2. The Labute approximate surface area is 188 Å². The van der Waals surface area contributed by atoms with Gasteiger partial charge in [-0.1, -0.05) is 12.1 Å². The second-order valence-electron chi connectivity index (χ2n) is 7.07. The van der Waals surface area contributed by atoms with E-state index in [1.54, 1.807) is 50.2 Å². The molecule has 0 spiro atoms. The van der Waals surface area contributed by atoms with Crippen molar-refractivity contribution >= 4 is 31.4 Å². The Morgan fingerprint density at radius 1 is 0.719 bits per heavy atom. The van der Waals surface area contributed by atoms with Gasteiger partial charge in [0, 0.05) is 5.69 Å². The van der Waals surface area contributed by atoms with Gasteiger partial charge in [0.15, 0.2) is 0 Å². The zero-order valence-electron chi connectivity index (χ0n) is 18.0. The third-order valence-corrected chi connectivity index (χ3v) is 7.59. The molecular formula is C22H24N2O6S2. The lowest BCUT2D eigenvalue weighted by atomic mass is 10.2. The third kappa shape index (κ3) is 5.14. The van der Waals surface area contributed by atoms with Gasteiger partial charge < -0.3 is 9.47 Å². The van der Waals surface area contributed by atoms with Gasteiger partial charge in [0.05, 0.1) is 29.7 Å². The highest BCUT2D eigenvalue weighted by Gasteiger charge is 2.22. The molecule has 3 aromatic carbocycles. The minimum atomic E-state index is -4.00. The van der Waals surface area contributed by atoms with Crippen molar-refractivity contribution in [2.24, 2.45) is 0 Å². The van der Waals surface area contributed by atoms with Crippen molar-refractivity contribution in [3.63, 3.8) is 0 Å². The number of rotatable bonds is 8. The van der Waals surface area contributed by atoms with Crippen LogP contribution in [0.2, 0.25) is 0 Å². The molecule has 0 aliphatic heterocycles. The number of hydrogen-bond donors (Lipinski definition) is 2. The van der Waals surface area contributed by atoms with Crippen molar-refractivity contribution in [1.82, 2.24) is 0 Å². The molecule has 10 heteroatoms. The van der Waals surface area contributed by atoms with Crippen LogP contribution in [0.4, 0.5) is 11.4 Å². The van der Waals surface area contributed by atoms with Gasteiger partial charge in [0.1, 0.15) is 11.5 Å². The van der Waals surface area contributed by atoms with Crippen LogP contribution in [0.1, 0.15) is 11.1 Å². The highest BCUT2D eigenvalue weighted by Crippen LogP contribution is 2.31. The molecule has 0 saturated carbocycles. The van der Waals surface area contributed by atoms with Crippen molar-refractivity contribution in [3.8, 4) is 11.5 Å². The van der Waals surface area contributed by atoms with Crippen LogP contribution >= 0.6 is 0 Å². The Morgan fingerprint density at radius 3 is 2.03 bits per heavy atom. The fraction of sp³-hybridized carbons (Fsp3) is 0.182. The number of anilines is 2. The highest BCUT2D eigenvalue weighted by molar-refractivity contribution is 7.93. The molecule has 0 aliphatic rings. The Balaban J connectivity index is 1.96. The number of methoxy groups -OCH3 is 2. The van der Waals surface area contributed by atoms with E-state index in [-0.39, 0.29) is 21.2 Å². The normalized spacial score (nSPS) is 11.6. The summed E-state index contributed by atoms with van der Waals surface area (Å²) in [6.45, 7) is 3.47. The van der Waals surface area contributed by atoms with E-state index >= 15 is 0 Å². The van der Waals surface area contributed by atoms with E-state index in [0.29, 0.717) is 17.0 Å². The Morgan fingerprint density at radius 2 is 1.41 bits per heavy atom. The second-order valence-corrected chi connectivity index (χ2v) is 10.4. The molecule has 0 fully saturated rings.